The van der Waals surface area contributed by atoms with Crippen LogP contribution in [0.2, 0.25) is 0 Å². The quantitative estimate of drug-likeness (QED) is 0.792. The minimum absolute atomic E-state index is 0.232. The zero-order valence-corrected chi connectivity index (χ0v) is 12.9. The molecule has 1 rings (SSSR count). The van der Waals surface area contributed by atoms with E-state index in [2.05, 4.69) is 58.7 Å². The van der Waals surface area contributed by atoms with Crippen molar-refractivity contribution >= 4 is 0 Å². The third kappa shape index (κ3) is 4.26. The van der Waals surface area contributed by atoms with Crippen molar-refractivity contribution in [2.45, 2.75) is 97.4 Å². The van der Waals surface area contributed by atoms with E-state index in [1.165, 1.54) is 19.3 Å². The van der Waals surface area contributed by atoms with E-state index < -0.39 is 0 Å². The van der Waals surface area contributed by atoms with E-state index in [4.69, 9.17) is 0 Å². The maximum atomic E-state index is 3.68. The summed E-state index contributed by atoms with van der Waals surface area (Å²) in [6.07, 6.45) is 3.98. The lowest BCUT2D eigenvalue weighted by molar-refractivity contribution is -0.0243. The molecule has 0 aromatic heterocycles. The molecule has 3 unspecified atom stereocenters. The van der Waals surface area contributed by atoms with E-state index in [1.807, 2.05) is 0 Å². The molecule has 0 aromatic carbocycles. The van der Waals surface area contributed by atoms with Crippen molar-refractivity contribution in [3.8, 4) is 0 Å². The summed E-state index contributed by atoms with van der Waals surface area (Å²) in [5.41, 5.74) is 0.232. The van der Waals surface area contributed by atoms with Crippen LogP contribution in [0.5, 0.6) is 0 Å². The number of likely N-dealkylation sites (tertiary alicyclic amines) is 1. The lowest BCUT2D eigenvalue weighted by Gasteiger charge is -2.52. The fourth-order valence-electron chi connectivity index (χ4n) is 3.36. The highest BCUT2D eigenvalue weighted by molar-refractivity contribution is 4.95. The molecule has 1 N–H and O–H groups in total. The molecule has 0 spiro atoms. The zero-order chi connectivity index (χ0) is 13.2. The Kier molecular flexibility index (Phi) is 5.03. The molecule has 0 aliphatic carbocycles. The highest BCUT2D eigenvalue weighted by atomic mass is 15.3. The molecule has 102 valence electrons. The Balaban J connectivity index is 2.42. The van der Waals surface area contributed by atoms with Crippen LogP contribution in [0.15, 0.2) is 0 Å². The van der Waals surface area contributed by atoms with Gasteiger partial charge in [0.2, 0.25) is 0 Å². The van der Waals surface area contributed by atoms with Crippen molar-refractivity contribution in [2.24, 2.45) is 0 Å². The Bertz CT molecular complexity index is 230. The number of hydrogen-bond donors (Lipinski definition) is 1. The van der Waals surface area contributed by atoms with E-state index >= 15 is 0 Å². The summed E-state index contributed by atoms with van der Waals surface area (Å²) in [5, 5.41) is 3.68. The molecule has 3 atom stereocenters. The van der Waals surface area contributed by atoms with E-state index in [0.717, 1.165) is 12.1 Å². The first-order valence-electron chi connectivity index (χ1n) is 7.29. The first-order chi connectivity index (χ1) is 7.74. The first-order valence-corrected chi connectivity index (χ1v) is 7.29. The molecule has 1 aliphatic heterocycles. The smallest absolute Gasteiger partial charge is 0.0130 e. The molecule has 0 saturated carbocycles. The van der Waals surface area contributed by atoms with Gasteiger partial charge in [-0.3, -0.25) is 4.90 Å². The van der Waals surface area contributed by atoms with Gasteiger partial charge in [-0.1, -0.05) is 6.92 Å². The Morgan fingerprint density at radius 3 is 2.18 bits per heavy atom. The van der Waals surface area contributed by atoms with E-state index in [9.17, 15) is 0 Å². The van der Waals surface area contributed by atoms with Crippen LogP contribution in [-0.4, -0.2) is 34.6 Å². The molecule has 2 heteroatoms. The maximum Gasteiger partial charge on any atom is 0.0130 e. The van der Waals surface area contributed by atoms with Gasteiger partial charge in [-0.25, -0.2) is 0 Å². The summed E-state index contributed by atoms with van der Waals surface area (Å²) in [6, 6.07) is 2.94. The molecule has 0 amide bonds. The molecule has 1 fully saturated rings. The highest BCUT2D eigenvalue weighted by Gasteiger charge is 2.39. The van der Waals surface area contributed by atoms with Crippen molar-refractivity contribution in [1.29, 1.82) is 0 Å². The van der Waals surface area contributed by atoms with Crippen molar-refractivity contribution in [1.82, 2.24) is 10.2 Å². The maximum absolute atomic E-state index is 3.68. The summed E-state index contributed by atoms with van der Waals surface area (Å²) in [6.45, 7) is 16.0. The van der Waals surface area contributed by atoms with Gasteiger partial charge in [-0.05, 0) is 60.8 Å². The second-order valence-corrected chi connectivity index (χ2v) is 7.02. The molecule has 0 radical (unpaired) electrons. The van der Waals surface area contributed by atoms with Crippen LogP contribution in [0, 0.1) is 0 Å². The van der Waals surface area contributed by atoms with Crippen LogP contribution in [0.1, 0.15) is 67.7 Å². The lowest BCUT2D eigenvalue weighted by atomic mass is 9.85. The van der Waals surface area contributed by atoms with Crippen LogP contribution in [-0.2, 0) is 0 Å². The second kappa shape index (κ2) is 5.71. The largest absolute Gasteiger partial charge is 0.310 e. The van der Waals surface area contributed by atoms with Gasteiger partial charge in [-0.2, -0.15) is 0 Å². The number of nitrogens with one attached hydrogen (secondary N) is 1. The summed E-state index contributed by atoms with van der Waals surface area (Å²) >= 11 is 0. The molecular weight excluding hydrogens is 208 g/mol. The van der Waals surface area contributed by atoms with Gasteiger partial charge in [0.05, 0.1) is 0 Å². The van der Waals surface area contributed by atoms with Gasteiger partial charge in [0.1, 0.15) is 0 Å². The van der Waals surface area contributed by atoms with Gasteiger partial charge >= 0.3 is 0 Å². The molecule has 17 heavy (non-hydrogen) atoms. The third-order valence-electron chi connectivity index (χ3n) is 3.76. The first kappa shape index (κ1) is 15.0. The zero-order valence-electron chi connectivity index (χ0n) is 12.9. The average molecular weight is 240 g/mol. The fourth-order valence-corrected chi connectivity index (χ4v) is 3.36. The predicted octanol–water partition coefficient (Wildman–Crippen LogP) is 3.41. The van der Waals surface area contributed by atoms with Crippen molar-refractivity contribution in [2.75, 3.05) is 0 Å². The van der Waals surface area contributed by atoms with Gasteiger partial charge in [0.15, 0.2) is 0 Å². The van der Waals surface area contributed by atoms with Crippen molar-refractivity contribution in [3.63, 3.8) is 0 Å². The second-order valence-electron chi connectivity index (χ2n) is 7.02. The average Bonchev–Trinajstić information content (AvgIpc) is 2.06. The molecule has 0 bridgehead atoms. The van der Waals surface area contributed by atoms with Gasteiger partial charge < -0.3 is 5.32 Å². The van der Waals surface area contributed by atoms with Crippen LogP contribution < -0.4 is 5.32 Å². The molecule has 1 heterocycles. The van der Waals surface area contributed by atoms with E-state index in [1.54, 1.807) is 0 Å². The Hall–Kier alpha value is -0.0800. The Labute approximate surface area is 108 Å². The molecular formula is C15H32N2. The highest BCUT2D eigenvalue weighted by Crippen LogP contribution is 2.33. The molecule has 0 aromatic rings. The van der Waals surface area contributed by atoms with Crippen molar-refractivity contribution in [3.05, 3.63) is 0 Å². The van der Waals surface area contributed by atoms with Crippen LogP contribution >= 0.6 is 0 Å². The van der Waals surface area contributed by atoms with Gasteiger partial charge in [0, 0.05) is 29.7 Å². The minimum atomic E-state index is 0.232. The summed E-state index contributed by atoms with van der Waals surface area (Å²) < 4.78 is 0. The van der Waals surface area contributed by atoms with Gasteiger partial charge in [-0.15, -0.1) is 0 Å². The van der Waals surface area contributed by atoms with Crippen LogP contribution in [0.4, 0.5) is 0 Å². The number of hydrogen-bond acceptors (Lipinski definition) is 2. The Morgan fingerprint density at radius 2 is 1.76 bits per heavy atom. The minimum Gasteiger partial charge on any atom is -0.310 e. The number of nitrogens with zero attached hydrogens (tertiary/aromatic N) is 1. The molecule has 1 aliphatic rings. The SMILES string of the molecule is CCC1CC(CC(C)NC(C)(C)C)N1C(C)C. The fraction of sp³-hybridized carbons (Fsp3) is 1.00. The summed E-state index contributed by atoms with van der Waals surface area (Å²) in [4.78, 5) is 2.71. The normalized spacial score (nSPS) is 28.2. The topological polar surface area (TPSA) is 15.3 Å². The van der Waals surface area contributed by atoms with Crippen LogP contribution in [0.3, 0.4) is 0 Å². The lowest BCUT2D eigenvalue weighted by Crippen LogP contribution is -2.60. The predicted molar refractivity (Wildman–Crippen MR) is 76.4 cm³/mol. The third-order valence-corrected chi connectivity index (χ3v) is 3.76. The summed E-state index contributed by atoms with van der Waals surface area (Å²) in [7, 11) is 0. The molecule has 2 nitrogen and oxygen atoms in total. The van der Waals surface area contributed by atoms with E-state index in [0.29, 0.717) is 12.1 Å². The monoisotopic (exact) mass is 240 g/mol. The Morgan fingerprint density at radius 1 is 1.18 bits per heavy atom. The van der Waals surface area contributed by atoms with Crippen molar-refractivity contribution < 1.29 is 0 Å². The number of rotatable bonds is 5. The molecule has 1 saturated heterocycles. The van der Waals surface area contributed by atoms with Gasteiger partial charge in [0.25, 0.3) is 0 Å². The summed E-state index contributed by atoms with van der Waals surface area (Å²) in [5.74, 6) is 0. The van der Waals surface area contributed by atoms with E-state index in [-0.39, 0.29) is 5.54 Å². The van der Waals surface area contributed by atoms with Crippen LogP contribution in [0.25, 0.3) is 0 Å². The standard InChI is InChI=1S/C15H32N2/c1-8-13-10-14(17(13)11(2)3)9-12(4)16-15(5,6)7/h11-14,16H,8-10H2,1-7H3.